The van der Waals surface area contributed by atoms with Crippen LogP contribution in [-0.2, 0) is 11.3 Å². The molecule has 104 valence electrons. The van der Waals surface area contributed by atoms with Crippen molar-refractivity contribution >= 4 is 28.4 Å². The van der Waals surface area contributed by atoms with Crippen molar-refractivity contribution in [3.05, 3.63) is 41.0 Å². The first-order valence-corrected chi connectivity index (χ1v) is 7.04. The highest BCUT2D eigenvalue weighted by Crippen LogP contribution is 2.23. The maximum absolute atomic E-state index is 11.6. The molecule has 1 aromatic carbocycles. The van der Waals surface area contributed by atoms with Crippen molar-refractivity contribution in [1.82, 2.24) is 15.2 Å². The lowest BCUT2D eigenvalue weighted by Crippen LogP contribution is -2.52. The van der Waals surface area contributed by atoms with Gasteiger partial charge >= 0.3 is 0 Å². The van der Waals surface area contributed by atoms with Gasteiger partial charge in [0, 0.05) is 35.7 Å². The van der Waals surface area contributed by atoms with Gasteiger partial charge in [0.15, 0.2) is 0 Å². The highest BCUT2D eigenvalue weighted by molar-refractivity contribution is 6.31. The second kappa shape index (κ2) is 5.38. The van der Waals surface area contributed by atoms with Crippen molar-refractivity contribution in [2.24, 2.45) is 0 Å². The summed E-state index contributed by atoms with van der Waals surface area (Å²) in [6.45, 7) is 3.96. The van der Waals surface area contributed by atoms with Gasteiger partial charge in [-0.1, -0.05) is 17.7 Å². The zero-order valence-electron chi connectivity index (χ0n) is 11.3. The maximum atomic E-state index is 11.6. The monoisotopic (exact) mass is 289 g/mol. The minimum absolute atomic E-state index is 0.0723. The summed E-state index contributed by atoms with van der Waals surface area (Å²) in [5, 5.41) is 4.66. The van der Waals surface area contributed by atoms with Crippen molar-refractivity contribution in [2.75, 3.05) is 13.1 Å². The fourth-order valence-corrected chi connectivity index (χ4v) is 2.98. The molecule has 0 saturated carbocycles. The minimum atomic E-state index is 0.0723. The molecule has 1 unspecified atom stereocenters. The van der Waals surface area contributed by atoms with E-state index in [2.05, 4.69) is 15.2 Å². The highest BCUT2D eigenvalue weighted by atomic mass is 35.5. The summed E-state index contributed by atoms with van der Waals surface area (Å²) in [6, 6.07) is 7.93. The lowest BCUT2D eigenvalue weighted by Gasteiger charge is -2.31. The van der Waals surface area contributed by atoms with Crippen LogP contribution in [0.15, 0.2) is 30.5 Å². The van der Waals surface area contributed by atoms with Crippen LogP contribution >= 0.6 is 11.6 Å². The Morgan fingerprint density at radius 2 is 2.35 bits per heavy atom. The lowest BCUT2D eigenvalue weighted by molar-refractivity contribution is -0.125. The fourth-order valence-electron chi connectivity index (χ4n) is 2.73. The number of nitrogens with one attached hydrogen (secondary N) is 1. The summed E-state index contributed by atoms with van der Waals surface area (Å²) in [7, 11) is 0. The Labute approximate surface area is 122 Å². The van der Waals surface area contributed by atoms with Gasteiger partial charge in [-0.3, -0.25) is 14.7 Å². The Balaban J connectivity index is 1.92. The van der Waals surface area contributed by atoms with Crippen LogP contribution in [0.5, 0.6) is 0 Å². The van der Waals surface area contributed by atoms with E-state index in [0.29, 0.717) is 18.1 Å². The van der Waals surface area contributed by atoms with Gasteiger partial charge in [0.1, 0.15) is 0 Å². The largest absolute Gasteiger partial charge is 0.351 e. The molecule has 1 saturated heterocycles. The summed E-state index contributed by atoms with van der Waals surface area (Å²) in [5.41, 5.74) is 2.02. The van der Waals surface area contributed by atoms with Crippen LogP contribution < -0.4 is 5.32 Å². The van der Waals surface area contributed by atoms with E-state index in [1.807, 2.05) is 31.2 Å². The number of nitrogens with zero attached hydrogens (tertiary/aromatic N) is 2. The smallest absolute Gasteiger partial charge is 0.234 e. The molecule has 0 bridgehead atoms. The highest BCUT2D eigenvalue weighted by Gasteiger charge is 2.22. The van der Waals surface area contributed by atoms with Crippen molar-refractivity contribution < 1.29 is 4.79 Å². The average Bonchev–Trinajstić information content (AvgIpc) is 2.37. The number of hydrogen-bond acceptors (Lipinski definition) is 3. The van der Waals surface area contributed by atoms with Crippen LogP contribution in [0, 0.1) is 0 Å². The number of pyridine rings is 1. The molecule has 1 amide bonds. The Kier molecular flexibility index (Phi) is 3.59. The SMILES string of the molecule is CC1CN(Cc2cc(Cl)cc3cccnc23)CC(=O)N1. The van der Waals surface area contributed by atoms with E-state index in [1.54, 1.807) is 6.20 Å². The number of fused-ring (bicyclic) bond motifs is 1. The van der Waals surface area contributed by atoms with Gasteiger partial charge in [-0.2, -0.15) is 0 Å². The zero-order chi connectivity index (χ0) is 14.1. The molecule has 1 aliphatic heterocycles. The number of amides is 1. The molecule has 0 aliphatic carbocycles. The van der Waals surface area contributed by atoms with Crippen molar-refractivity contribution in [3.8, 4) is 0 Å². The molecule has 0 spiro atoms. The van der Waals surface area contributed by atoms with Crippen molar-refractivity contribution in [3.63, 3.8) is 0 Å². The fraction of sp³-hybridized carbons (Fsp3) is 0.333. The van der Waals surface area contributed by atoms with Crippen molar-refractivity contribution in [2.45, 2.75) is 19.5 Å². The van der Waals surface area contributed by atoms with Gasteiger partial charge in [0.25, 0.3) is 0 Å². The second-order valence-electron chi connectivity index (χ2n) is 5.28. The number of aromatic nitrogens is 1. The third kappa shape index (κ3) is 2.76. The molecule has 1 aliphatic rings. The molecule has 1 aromatic heterocycles. The van der Waals surface area contributed by atoms with E-state index in [1.165, 1.54) is 0 Å². The van der Waals surface area contributed by atoms with Gasteiger partial charge < -0.3 is 5.32 Å². The van der Waals surface area contributed by atoms with Gasteiger partial charge in [-0.05, 0) is 30.7 Å². The van der Waals surface area contributed by atoms with E-state index >= 15 is 0 Å². The Hall–Kier alpha value is -1.65. The second-order valence-corrected chi connectivity index (χ2v) is 5.71. The first kappa shape index (κ1) is 13.3. The van der Waals surface area contributed by atoms with Crippen LogP contribution in [0.1, 0.15) is 12.5 Å². The number of piperazine rings is 1. The van der Waals surface area contributed by atoms with Gasteiger partial charge in [-0.15, -0.1) is 0 Å². The normalized spacial score (nSPS) is 20.1. The van der Waals surface area contributed by atoms with Crippen LogP contribution in [0.4, 0.5) is 0 Å². The summed E-state index contributed by atoms with van der Waals surface area (Å²) in [5.74, 6) is 0.0723. The summed E-state index contributed by atoms with van der Waals surface area (Å²) in [4.78, 5) is 18.2. The summed E-state index contributed by atoms with van der Waals surface area (Å²) in [6.07, 6.45) is 1.78. The maximum Gasteiger partial charge on any atom is 0.234 e. The standard InChI is InChI=1S/C15H16ClN3O/c1-10-7-19(9-14(20)18-10)8-12-6-13(16)5-11-3-2-4-17-15(11)12/h2-6,10H,7-9H2,1H3,(H,18,20). The summed E-state index contributed by atoms with van der Waals surface area (Å²) >= 11 is 6.17. The topological polar surface area (TPSA) is 45.2 Å². The summed E-state index contributed by atoms with van der Waals surface area (Å²) < 4.78 is 0. The van der Waals surface area contributed by atoms with Crippen LogP contribution in [-0.4, -0.2) is 34.9 Å². The van der Waals surface area contributed by atoms with Gasteiger partial charge in [0.05, 0.1) is 12.1 Å². The predicted molar refractivity (Wildman–Crippen MR) is 79.6 cm³/mol. The predicted octanol–water partition coefficient (Wildman–Crippen LogP) is 2.21. The van der Waals surface area contributed by atoms with E-state index in [4.69, 9.17) is 11.6 Å². The first-order chi connectivity index (χ1) is 9.61. The quantitative estimate of drug-likeness (QED) is 0.922. The van der Waals surface area contributed by atoms with Crippen LogP contribution in [0.2, 0.25) is 5.02 Å². The number of carbonyl (C=O) groups is 1. The van der Waals surface area contributed by atoms with E-state index in [-0.39, 0.29) is 11.9 Å². The molecule has 0 radical (unpaired) electrons. The Morgan fingerprint density at radius 1 is 1.50 bits per heavy atom. The van der Waals surface area contributed by atoms with Crippen molar-refractivity contribution in [1.29, 1.82) is 0 Å². The molecule has 2 aromatic rings. The minimum Gasteiger partial charge on any atom is -0.351 e. The third-order valence-corrected chi connectivity index (χ3v) is 3.67. The molecule has 1 atom stereocenters. The molecule has 1 N–H and O–H groups in total. The van der Waals surface area contributed by atoms with E-state index in [0.717, 1.165) is 23.0 Å². The Bertz CT molecular complexity index is 659. The van der Waals surface area contributed by atoms with Crippen LogP contribution in [0.25, 0.3) is 10.9 Å². The third-order valence-electron chi connectivity index (χ3n) is 3.45. The zero-order valence-corrected chi connectivity index (χ0v) is 12.0. The molecule has 1 fully saturated rings. The van der Waals surface area contributed by atoms with Gasteiger partial charge in [0.2, 0.25) is 5.91 Å². The van der Waals surface area contributed by atoms with E-state index in [9.17, 15) is 4.79 Å². The molecule has 5 heteroatoms. The van der Waals surface area contributed by atoms with E-state index < -0.39 is 0 Å². The number of halogens is 1. The Morgan fingerprint density at radius 3 is 3.15 bits per heavy atom. The lowest BCUT2D eigenvalue weighted by atomic mass is 10.1. The van der Waals surface area contributed by atoms with Gasteiger partial charge in [-0.25, -0.2) is 0 Å². The molecular formula is C15H16ClN3O. The molecule has 3 rings (SSSR count). The number of rotatable bonds is 2. The van der Waals surface area contributed by atoms with Crippen LogP contribution in [0.3, 0.4) is 0 Å². The molecule has 4 nitrogen and oxygen atoms in total. The number of benzene rings is 1. The first-order valence-electron chi connectivity index (χ1n) is 6.67. The average molecular weight is 290 g/mol. The molecule has 20 heavy (non-hydrogen) atoms. The number of carbonyl (C=O) groups excluding carboxylic acids is 1. The number of hydrogen-bond donors (Lipinski definition) is 1. The molecule has 2 heterocycles. The molecular weight excluding hydrogens is 274 g/mol.